The van der Waals surface area contributed by atoms with E-state index in [0.717, 1.165) is 0 Å². The smallest absolute Gasteiger partial charge is 0.305 e. The van der Waals surface area contributed by atoms with Crippen molar-refractivity contribution in [1.29, 1.82) is 0 Å². The Morgan fingerprint density at radius 3 is 2.29 bits per heavy atom. The van der Waals surface area contributed by atoms with E-state index in [2.05, 4.69) is 0 Å². The van der Waals surface area contributed by atoms with Crippen LogP contribution in [0.1, 0.15) is 0 Å². The predicted octanol–water partition coefficient (Wildman–Crippen LogP) is 1.50. The standard InChI is InChI=1S/C8H8F2O3S/c9-7-1-3-8(4-2-7)13-5-6-14(10,11)12/h1-4H,5-6H2. The number of hydrogen-bond acceptors (Lipinski definition) is 3. The van der Waals surface area contributed by atoms with Crippen LogP contribution in [-0.4, -0.2) is 20.8 Å². The zero-order chi connectivity index (χ0) is 10.6. The molecule has 0 saturated heterocycles. The molecule has 0 N–H and O–H groups in total. The van der Waals surface area contributed by atoms with Gasteiger partial charge in [0.25, 0.3) is 0 Å². The fourth-order valence-corrected chi connectivity index (χ4v) is 1.07. The highest BCUT2D eigenvalue weighted by Gasteiger charge is 2.06. The largest absolute Gasteiger partial charge is 0.492 e. The Hall–Kier alpha value is -1.17. The van der Waals surface area contributed by atoms with Crippen molar-refractivity contribution in [2.45, 2.75) is 0 Å². The van der Waals surface area contributed by atoms with Crippen LogP contribution in [0.5, 0.6) is 5.75 Å². The van der Waals surface area contributed by atoms with E-state index in [-0.39, 0.29) is 6.61 Å². The highest BCUT2D eigenvalue weighted by Crippen LogP contribution is 2.10. The van der Waals surface area contributed by atoms with Gasteiger partial charge in [0.05, 0.1) is 0 Å². The molecule has 0 aliphatic heterocycles. The van der Waals surface area contributed by atoms with Crippen LogP contribution in [0, 0.1) is 5.82 Å². The molecule has 0 radical (unpaired) electrons. The molecule has 0 fully saturated rings. The van der Waals surface area contributed by atoms with Gasteiger partial charge in [-0.15, -0.1) is 3.89 Å². The zero-order valence-electron chi connectivity index (χ0n) is 7.11. The van der Waals surface area contributed by atoms with Crippen LogP contribution in [0.25, 0.3) is 0 Å². The van der Waals surface area contributed by atoms with Crippen molar-refractivity contribution in [1.82, 2.24) is 0 Å². The van der Waals surface area contributed by atoms with Crippen molar-refractivity contribution in [2.75, 3.05) is 12.4 Å². The summed E-state index contributed by atoms with van der Waals surface area (Å²) in [5.74, 6) is -0.824. The zero-order valence-corrected chi connectivity index (χ0v) is 7.93. The van der Waals surface area contributed by atoms with Crippen LogP contribution in [0.15, 0.2) is 24.3 Å². The van der Waals surface area contributed by atoms with E-state index in [9.17, 15) is 16.7 Å². The molecule has 6 heteroatoms. The summed E-state index contributed by atoms with van der Waals surface area (Å²) in [4.78, 5) is 0. The number of hydrogen-bond donors (Lipinski definition) is 0. The normalized spacial score (nSPS) is 11.3. The molecule has 0 unspecified atom stereocenters. The molecule has 14 heavy (non-hydrogen) atoms. The highest BCUT2D eigenvalue weighted by atomic mass is 32.3. The SMILES string of the molecule is O=S(=O)(F)CCOc1ccc(F)cc1. The molecule has 0 aliphatic rings. The molecule has 0 atom stereocenters. The van der Waals surface area contributed by atoms with Gasteiger partial charge in [-0.3, -0.25) is 0 Å². The van der Waals surface area contributed by atoms with Crippen LogP contribution in [0.4, 0.5) is 8.28 Å². The lowest BCUT2D eigenvalue weighted by Gasteiger charge is -2.03. The molecule has 0 bridgehead atoms. The Balaban J connectivity index is 2.43. The lowest BCUT2D eigenvalue weighted by atomic mass is 10.3. The van der Waals surface area contributed by atoms with Gasteiger partial charge in [-0.05, 0) is 24.3 Å². The molecule has 0 amide bonds. The summed E-state index contributed by atoms with van der Waals surface area (Å²) in [7, 11) is -4.50. The molecule has 0 aliphatic carbocycles. The minimum atomic E-state index is -4.50. The van der Waals surface area contributed by atoms with Gasteiger partial charge in [0.1, 0.15) is 23.9 Å². The second-order valence-electron chi connectivity index (χ2n) is 2.55. The van der Waals surface area contributed by atoms with E-state index in [1.54, 1.807) is 0 Å². The molecule has 78 valence electrons. The van der Waals surface area contributed by atoms with E-state index in [0.29, 0.717) is 5.75 Å². The first-order valence-electron chi connectivity index (χ1n) is 3.78. The first-order chi connectivity index (χ1) is 6.47. The molecule has 1 rings (SSSR count). The topological polar surface area (TPSA) is 43.4 Å². The second-order valence-corrected chi connectivity index (χ2v) is 4.03. The quantitative estimate of drug-likeness (QED) is 0.725. The summed E-state index contributed by atoms with van der Waals surface area (Å²) in [5, 5.41) is 0. The molecule has 0 aromatic heterocycles. The van der Waals surface area contributed by atoms with Crippen molar-refractivity contribution in [2.24, 2.45) is 0 Å². The van der Waals surface area contributed by atoms with Crippen molar-refractivity contribution in [3.63, 3.8) is 0 Å². The Bertz CT molecular complexity index is 386. The van der Waals surface area contributed by atoms with Crippen molar-refractivity contribution < 1.29 is 21.4 Å². The van der Waals surface area contributed by atoms with Gasteiger partial charge < -0.3 is 4.74 Å². The van der Waals surface area contributed by atoms with Gasteiger partial charge in [-0.1, -0.05) is 0 Å². The van der Waals surface area contributed by atoms with Crippen LogP contribution in [-0.2, 0) is 10.2 Å². The molecule has 1 aromatic rings. The van der Waals surface area contributed by atoms with Gasteiger partial charge in [-0.25, -0.2) is 4.39 Å². The number of rotatable bonds is 4. The Labute approximate surface area is 80.5 Å². The average molecular weight is 222 g/mol. The lowest BCUT2D eigenvalue weighted by molar-refractivity contribution is 0.338. The minimum Gasteiger partial charge on any atom is -0.492 e. The molecule has 0 saturated carbocycles. The third-order valence-electron chi connectivity index (χ3n) is 1.41. The summed E-state index contributed by atoms with van der Waals surface area (Å²) >= 11 is 0. The van der Waals surface area contributed by atoms with E-state index in [1.807, 2.05) is 0 Å². The Kier molecular flexibility index (Phi) is 3.40. The maximum atomic E-state index is 12.4. The van der Waals surface area contributed by atoms with Gasteiger partial charge in [0, 0.05) is 0 Å². The first kappa shape index (κ1) is 10.9. The summed E-state index contributed by atoms with van der Waals surface area (Å²) in [5.41, 5.74) is 0. The average Bonchev–Trinajstić information content (AvgIpc) is 2.06. The second kappa shape index (κ2) is 4.36. The summed E-state index contributed by atoms with van der Waals surface area (Å²) in [6, 6.07) is 5.00. The van der Waals surface area contributed by atoms with Crippen molar-refractivity contribution in [3.05, 3.63) is 30.1 Å². The first-order valence-corrected chi connectivity index (χ1v) is 5.33. The number of halogens is 2. The van der Waals surface area contributed by atoms with Gasteiger partial charge in [-0.2, -0.15) is 8.42 Å². The maximum absolute atomic E-state index is 12.4. The number of ether oxygens (including phenoxy) is 1. The third-order valence-corrected chi connectivity index (χ3v) is 2.06. The Morgan fingerprint density at radius 1 is 1.21 bits per heavy atom. The van der Waals surface area contributed by atoms with Crippen LogP contribution < -0.4 is 4.74 Å². The van der Waals surface area contributed by atoms with E-state index >= 15 is 0 Å². The fraction of sp³-hybridized carbons (Fsp3) is 0.250. The molecular weight excluding hydrogens is 214 g/mol. The summed E-state index contributed by atoms with van der Waals surface area (Å²) in [6.07, 6.45) is 0. The number of benzene rings is 1. The van der Waals surface area contributed by atoms with Gasteiger partial charge in [0.2, 0.25) is 0 Å². The fourth-order valence-electron chi connectivity index (χ4n) is 0.790. The summed E-state index contributed by atoms with van der Waals surface area (Å²) < 4.78 is 49.4. The van der Waals surface area contributed by atoms with Gasteiger partial charge in [0.15, 0.2) is 0 Å². The highest BCUT2D eigenvalue weighted by molar-refractivity contribution is 7.86. The monoisotopic (exact) mass is 222 g/mol. The molecule has 0 heterocycles. The van der Waals surface area contributed by atoms with E-state index in [4.69, 9.17) is 4.74 Å². The summed E-state index contributed by atoms with van der Waals surface area (Å²) in [6.45, 7) is -0.287. The third kappa shape index (κ3) is 4.18. The molecular formula is C8H8F2O3S. The van der Waals surface area contributed by atoms with E-state index in [1.165, 1.54) is 24.3 Å². The van der Waals surface area contributed by atoms with E-state index < -0.39 is 21.8 Å². The lowest BCUT2D eigenvalue weighted by Crippen LogP contribution is -2.09. The van der Waals surface area contributed by atoms with Crippen molar-refractivity contribution in [3.8, 4) is 5.75 Å². The van der Waals surface area contributed by atoms with Crippen LogP contribution in [0.2, 0.25) is 0 Å². The predicted molar refractivity (Wildman–Crippen MR) is 46.8 cm³/mol. The molecule has 0 spiro atoms. The van der Waals surface area contributed by atoms with Crippen LogP contribution >= 0.6 is 0 Å². The van der Waals surface area contributed by atoms with Gasteiger partial charge >= 0.3 is 10.2 Å². The van der Waals surface area contributed by atoms with Crippen molar-refractivity contribution >= 4 is 10.2 Å². The van der Waals surface area contributed by atoms with Crippen LogP contribution in [0.3, 0.4) is 0 Å². The maximum Gasteiger partial charge on any atom is 0.305 e. The Morgan fingerprint density at radius 2 is 1.79 bits per heavy atom. The molecule has 3 nitrogen and oxygen atoms in total. The minimum absolute atomic E-state index is 0.287. The molecule has 1 aromatic carbocycles.